The maximum atomic E-state index is 9.31. The third kappa shape index (κ3) is 1.32. The van der Waals surface area contributed by atoms with Gasteiger partial charge in [0.2, 0.25) is 0 Å². The molecule has 0 aromatic carbocycles. The summed E-state index contributed by atoms with van der Waals surface area (Å²) in [7, 11) is 0. The highest BCUT2D eigenvalue weighted by Gasteiger charge is 2.24. The van der Waals surface area contributed by atoms with Gasteiger partial charge in [0.1, 0.15) is 6.10 Å². The second kappa shape index (κ2) is 3.06. The summed E-state index contributed by atoms with van der Waals surface area (Å²) in [6, 6.07) is 0. The number of rotatable bonds is 1. The summed E-state index contributed by atoms with van der Waals surface area (Å²) < 4.78 is 5.27. The van der Waals surface area contributed by atoms with Crippen molar-refractivity contribution in [3.8, 4) is 0 Å². The molecule has 1 N–H and O–H groups in total. The summed E-state index contributed by atoms with van der Waals surface area (Å²) in [5.41, 5.74) is 0. The molecule has 0 amide bonds. The number of aliphatic hydroxyl groups is 1. The van der Waals surface area contributed by atoms with Crippen molar-refractivity contribution in [2.75, 3.05) is 0 Å². The third-order valence-electron chi connectivity index (χ3n) is 2.06. The molecule has 0 radical (unpaired) electrons. The van der Waals surface area contributed by atoms with E-state index in [1.54, 1.807) is 12.3 Å². The van der Waals surface area contributed by atoms with E-state index in [1.807, 2.05) is 6.92 Å². The van der Waals surface area contributed by atoms with Gasteiger partial charge in [0.25, 0.3) is 0 Å². The minimum Gasteiger partial charge on any atom is -0.498 e. The van der Waals surface area contributed by atoms with Gasteiger partial charge in [-0.15, -0.1) is 0 Å². The van der Waals surface area contributed by atoms with Crippen LogP contribution in [0.2, 0.25) is 0 Å². The molecule has 0 saturated heterocycles. The minimum atomic E-state index is -0.321. The fourth-order valence-corrected chi connectivity index (χ4v) is 1.21. The molecule has 0 fully saturated rings. The summed E-state index contributed by atoms with van der Waals surface area (Å²) in [4.78, 5) is 0. The molecule has 0 aliphatic carbocycles. The Kier molecular flexibility index (Phi) is 2.33. The summed E-state index contributed by atoms with van der Waals surface area (Å²) in [5.74, 6) is 0.231. The summed E-state index contributed by atoms with van der Waals surface area (Å²) >= 11 is 0. The summed E-state index contributed by atoms with van der Waals surface area (Å²) in [6.07, 6.45) is 4.12. The lowest BCUT2D eigenvalue weighted by Crippen LogP contribution is -2.31. The second-order valence-electron chi connectivity index (χ2n) is 2.76. The molecule has 0 unspecified atom stereocenters. The predicted octanol–water partition coefficient (Wildman–Crippen LogP) is 1.31. The van der Waals surface area contributed by atoms with Crippen LogP contribution in [0.25, 0.3) is 0 Å². The summed E-state index contributed by atoms with van der Waals surface area (Å²) in [6.45, 7) is 4.06. The van der Waals surface area contributed by atoms with E-state index in [0.29, 0.717) is 0 Å². The molecule has 0 aromatic rings. The topological polar surface area (TPSA) is 29.5 Å². The van der Waals surface area contributed by atoms with E-state index in [0.717, 1.165) is 6.42 Å². The molecule has 0 spiro atoms. The molecule has 58 valence electrons. The van der Waals surface area contributed by atoms with Crippen molar-refractivity contribution in [2.24, 2.45) is 5.92 Å². The zero-order valence-electron chi connectivity index (χ0n) is 6.45. The fraction of sp³-hybridized carbons (Fsp3) is 0.750. The summed E-state index contributed by atoms with van der Waals surface area (Å²) in [5, 5.41) is 9.31. The zero-order chi connectivity index (χ0) is 7.56. The van der Waals surface area contributed by atoms with E-state index < -0.39 is 0 Å². The van der Waals surface area contributed by atoms with Crippen molar-refractivity contribution in [2.45, 2.75) is 32.5 Å². The molecule has 1 aliphatic heterocycles. The maximum absolute atomic E-state index is 9.31. The first-order valence-corrected chi connectivity index (χ1v) is 3.76. The largest absolute Gasteiger partial charge is 0.498 e. The zero-order valence-corrected chi connectivity index (χ0v) is 6.45. The lowest BCUT2D eigenvalue weighted by molar-refractivity contribution is 0.00978. The second-order valence-corrected chi connectivity index (χ2v) is 2.76. The smallest absolute Gasteiger partial charge is 0.103 e. The molecule has 2 heteroatoms. The van der Waals surface area contributed by atoms with Gasteiger partial charge in [-0.3, -0.25) is 0 Å². The predicted molar refractivity (Wildman–Crippen MR) is 39.5 cm³/mol. The van der Waals surface area contributed by atoms with Gasteiger partial charge in [0, 0.05) is 5.92 Å². The van der Waals surface area contributed by atoms with Crippen LogP contribution in [0.15, 0.2) is 12.3 Å². The molecule has 0 bridgehead atoms. The van der Waals surface area contributed by atoms with Crippen LogP contribution >= 0.6 is 0 Å². The Hall–Kier alpha value is -0.500. The number of aliphatic hydroxyl groups excluding tert-OH is 1. The molecule has 1 rings (SSSR count). The van der Waals surface area contributed by atoms with Gasteiger partial charge < -0.3 is 9.84 Å². The van der Waals surface area contributed by atoms with Crippen LogP contribution in [-0.2, 0) is 4.74 Å². The van der Waals surface area contributed by atoms with Gasteiger partial charge in [-0.25, -0.2) is 0 Å². The Labute approximate surface area is 61.5 Å². The molecule has 1 heterocycles. The van der Waals surface area contributed by atoms with Crippen LogP contribution < -0.4 is 0 Å². The van der Waals surface area contributed by atoms with Gasteiger partial charge in [0.05, 0.1) is 12.4 Å². The first-order valence-electron chi connectivity index (χ1n) is 3.76. The van der Waals surface area contributed by atoms with Gasteiger partial charge in [-0.2, -0.15) is 0 Å². The van der Waals surface area contributed by atoms with Crippen LogP contribution in [-0.4, -0.2) is 17.3 Å². The van der Waals surface area contributed by atoms with Crippen molar-refractivity contribution in [3.05, 3.63) is 12.3 Å². The van der Waals surface area contributed by atoms with Gasteiger partial charge >= 0.3 is 0 Å². The van der Waals surface area contributed by atoms with Gasteiger partial charge in [-0.1, -0.05) is 13.8 Å². The minimum absolute atomic E-state index is 0.194. The average Bonchev–Trinajstić information content (AvgIpc) is 1.95. The molecule has 3 atom stereocenters. The SMILES string of the molecule is CC[C@H]1OC=C[C@H](O)[C@H]1C. The highest BCUT2D eigenvalue weighted by Crippen LogP contribution is 2.20. The molecular formula is C8H14O2. The lowest BCUT2D eigenvalue weighted by atomic mass is 9.95. The number of hydrogen-bond acceptors (Lipinski definition) is 2. The Morgan fingerprint density at radius 2 is 2.30 bits per heavy atom. The highest BCUT2D eigenvalue weighted by molar-refractivity contribution is 4.94. The number of hydrogen-bond donors (Lipinski definition) is 1. The average molecular weight is 142 g/mol. The van der Waals surface area contributed by atoms with E-state index in [4.69, 9.17) is 4.74 Å². The van der Waals surface area contributed by atoms with Crippen molar-refractivity contribution in [1.29, 1.82) is 0 Å². The van der Waals surface area contributed by atoms with Crippen LogP contribution in [0, 0.1) is 5.92 Å². The van der Waals surface area contributed by atoms with Crippen LogP contribution in [0.3, 0.4) is 0 Å². The first-order chi connectivity index (χ1) is 4.75. The van der Waals surface area contributed by atoms with Crippen LogP contribution in [0.4, 0.5) is 0 Å². The highest BCUT2D eigenvalue weighted by atomic mass is 16.5. The van der Waals surface area contributed by atoms with E-state index in [-0.39, 0.29) is 18.1 Å². The Morgan fingerprint density at radius 3 is 2.80 bits per heavy atom. The van der Waals surface area contributed by atoms with Gasteiger partial charge in [-0.05, 0) is 12.5 Å². The Bertz CT molecular complexity index is 131. The molecule has 10 heavy (non-hydrogen) atoms. The van der Waals surface area contributed by atoms with Crippen molar-refractivity contribution >= 4 is 0 Å². The Balaban J connectivity index is 2.56. The lowest BCUT2D eigenvalue weighted by Gasteiger charge is -2.28. The first kappa shape index (κ1) is 7.61. The van der Waals surface area contributed by atoms with E-state index >= 15 is 0 Å². The standard InChI is InChI=1S/C8H14O2/c1-3-8-6(2)7(9)4-5-10-8/h4-9H,3H2,1-2H3/t6-,7+,8-/m1/s1. The van der Waals surface area contributed by atoms with E-state index in [1.165, 1.54) is 0 Å². The van der Waals surface area contributed by atoms with E-state index in [2.05, 4.69) is 6.92 Å². The van der Waals surface area contributed by atoms with Crippen LogP contribution in [0.5, 0.6) is 0 Å². The van der Waals surface area contributed by atoms with E-state index in [9.17, 15) is 5.11 Å². The molecule has 1 aliphatic rings. The molecule has 2 nitrogen and oxygen atoms in total. The number of ether oxygens (including phenoxy) is 1. The van der Waals surface area contributed by atoms with Crippen molar-refractivity contribution < 1.29 is 9.84 Å². The third-order valence-corrected chi connectivity index (χ3v) is 2.06. The normalized spacial score (nSPS) is 39.3. The molecule has 0 saturated carbocycles. The fourth-order valence-electron chi connectivity index (χ4n) is 1.21. The van der Waals surface area contributed by atoms with Crippen LogP contribution in [0.1, 0.15) is 20.3 Å². The maximum Gasteiger partial charge on any atom is 0.103 e. The monoisotopic (exact) mass is 142 g/mol. The van der Waals surface area contributed by atoms with Crippen molar-refractivity contribution in [1.82, 2.24) is 0 Å². The van der Waals surface area contributed by atoms with Crippen molar-refractivity contribution in [3.63, 3.8) is 0 Å². The Morgan fingerprint density at radius 1 is 1.60 bits per heavy atom. The molecular weight excluding hydrogens is 128 g/mol. The molecule has 0 aromatic heterocycles. The van der Waals surface area contributed by atoms with Gasteiger partial charge in [0.15, 0.2) is 0 Å². The quantitative estimate of drug-likeness (QED) is 0.598.